The van der Waals surface area contributed by atoms with Crippen molar-refractivity contribution in [3.05, 3.63) is 59.9 Å². The van der Waals surface area contributed by atoms with Crippen LogP contribution in [0.5, 0.6) is 0 Å². The predicted molar refractivity (Wildman–Crippen MR) is 82.1 cm³/mol. The van der Waals surface area contributed by atoms with Crippen LogP contribution < -0.4 is 10.2 Å². The smallest absolute Gasteiger partial charge is 0.247 e. The minimum absolute atomic E-state index is 0.177. The monoisotopic (exact) mass is 298 g/mol. The number of nitrogens with one attached hydrogen (secondary N) is 1. The van der Waals surface area contributed by atoms with Crippen molar-refractivity contribution in [1.82, 2.24) is 0 Å². The maximum Gasteiger partial charge on any atom is 0.247 e. The summed E-state index contributed by atoms with van der Waals surface area (Å²) in [6, 6.07) is 12.4. The van der Waals surface area contributed by atoms with Crippen molar-refractivity contribution < 1.29 is 14.0 Å². The number of halogens is 1. The molecule has 2 amide bonds. The number of amides is 2. The number of para-hydroxylation sites is 1. The molecule has 22 heavy (non-hydrogen) atoms. The van der Waals surface area contributed by atoms with Gasteiger partial charge in [0.1, 0.15) is 11.9 Å². The lowest BCUT2D eigenvalue weighted by molar-refractivity contribution is -0.122. The average molecular weight is 298 g/mol. The van der Waals surface area contributed by atoms with E-state index in [0.29, 0.717) is 12.1 Å². The van der Waals surface area contributed by atoms with Gasteiger partial charge in [-0.15, -0.1) is 0 Å². The zero-order valence-electron chi connectivity index (χ0n) is 12.0. The summed E-state index contributed by atoms with van der Waals surface area (Å²) in [6.45, 7) is 1.44. The van der Waals surface area contributed by atoms with E-state index in [9.17, 15) is 14.0 Å². The number of benzene rings is 2. The van der Waals surface area contributed by atoms with Crippen molar-refractivity contribution >= 4 is 23.2 Å². The van der Waals surface area contributed by atoms with Crippen LogP contribution in [0.25, 0.3) is 0 Å². The topological polar surface area (TPSA) is 49.4 Å². The minimum atomic E-state index is -0.583. The number of nitrogens with zero attached hydrogens (tertiary/aromatic N) is 1. The Labute approximate surface area is 127 Å². The highest BCUT2D eigenvalue weighted by atomic mass is 19.1. The molecule has 5 heteroatoms. The van der Waals surface area contributed by atoms with Crippen LogP contribution in [0, 0.1) is 5.82 Å². The zero-order chi connectivity index (χ0) is 15.7. The summed E-state index contributed by atoms with van der Waals surface area (Å²) >= 11 is 0. The Morgan fingerprint density at radius 3 is 2.50 bits per heavy atom. The van der Waals surface area contributed by atoms with Crippen molar-refractivity contribution in [2.45, 2.75) is 19.4 Å². The second-order valence-corrected chi connectivity index (χ2v) is 5.23. The summed E-state index contributed by atoms with van der Waals surface area (Å²) in [6.07, 6.45) is 0.475. The average Bonchev–Trinajstić information content (AvgIpc) is 2.89. The van der Waals surface area contributed by atoms with Crippen LogP contribution in [0.4, 0.5) is 15.8 Å². The normalized spacial score (nSPS) is 16.3. The van der Waals surface area contributed by atoms with Crippen LogP contribution >= 0.6 is 0 Å². The van der Waals surface area contributed by atoms with Gasteiger partial charge in [-0.05, 0) is 35.9 Å². The molecule has 1 aliphatic rings. The molecule has 0 fully saturated rings. The molecule has 0 saturated carbocycles. The third-order valence-electron chi connectivity index (χ3n) is 3.73. The van der Waals surface area contributed by atoms with E-state index in [1.54, 1.807) is 0 Å². The van der Waals surface area contributed by atoms with Gasteiger partial charge in [0.2, 0.25) is 11.8 Å². The molecule has 1 aliphatic heterocycles. The van der Waals surface area contributed by atoms with E-state index >= 15 is 0 Å². The van der Waals surface area contributed by atoms with Gasteiger partial charge in [0.25, 0.3) is 0 Å². The second-order valence-electron chi connectivity index (χ2n) is 5.23. The van der Waals surface area contributed by atoms with E-state index in [1.165, 1.54) is 36.1 Å². The fourth-order valence-corrected chi connectivity index (χ4v) is 2.74. The molecule has 112 valence electrons. The Kier molecular flexibility index (Phi) is 3.63. The summed E-state index contributed by atoms with van der Waals surface area (Å²) in [5.41, 5.74) is 2.25. The number of hydrogen-bond acceptors (Lipinski definition) is 2. The van der Waals surface area contributed by atoms with Crippen LogP contribution in [0.3, 0.4) is 0 Å². The summed E-state index contributed by atoms with van der Waals surface area (Å²) in [5.74, 6) is -0.821. The van der Waals surface area contributed by atoms with E-state index in [4.69, 9.17) is 0 Å². The molecular formula is C17H15FN2O2. The first-order valence-corrected chi connectivity index (χ1v) is 7.00. The number of rotatable bonds is 2. The molecular weight excluding hydrogens is 283 g/mol. The standard InChI is InChI=1S/C17H15FN2O2/c1-11(21)20-15-5-3-2-4-12(15)10-16(20)17(22)19-14-8-6-13(18)7-9-14/h2-9,16H,10H2,1H3,(H,19,22)/t16-/m1/s1. The first-order chi connectivity index (χ1) is 10.6. The Morgan fingerprint density at radius 1 is 1.14 bits per heavy atom. The third-order valence-corrected chi connectivity index (χ3v) is 3.73. The molecule has 2 aromatic carbocycles. The summed E-state index contributed by atoms with van der Waals surface area (Å²) in [5, 5.41) is 2.73. The zero-order valence-corrected chi connectivity index (χ0v) is 12.0. The molecule has 4 nitrogen and oxygen atoms in total. The largest absolute Gasteiger partial charge is 0.324 e. The molecule has 0 bridgehead atoms. The van der Waals surface area contributed by atoms with E-state index in [0.717, 1.165) is 11.3 Å². The maximum absolute atomic E-state index is 12.9. The van der Waals surface area contributed by atoms with Gasteiger partial charge < -0.3 is 5.32 Å². The highest BCUT2D eigenvalue weighted by Crippen LogP contribution is 2.32. The van der Waals surface area contributed by atoms with Gasteiger partial charge in [0.05, 0.1) is 0 Å². The Bertz CT molecular complexity index is 728. The number of carbonyl (C=O) groups excluding carboxylic acids is 2. The van der Waals surface area contributed by atoms with Crippen molar-refractivity contribution in [3.8, 4) is 0 Å². The summed E-state index contributed by atoms with van der Waals surface area (Å²) < 4.78 is 12.9. The lowest BCUT2D eigenvalue weighted by Gasteiger charge is -2.23. The molecule has 0 unspecified atom stereocenters. The Hall–Kier alpha value is -2.69. The highest BCUT2D eigenvalue weighted by Gasteiger charge is 2.36. The van der Waals surface area contributed by atoms with E-state index < -0.39 is 6.04 Å². The predicted octanol–water partition coefficient (Wildman–Crippen LogP) is 2.74. The third kappa shape index (κ3) is 2.57. The summed E-state index contributed by atoms with van der Waals surface area (Å²) in [4.78, 5) is 25.9. The first-order valence-electron chi connectivity index (χ1n) is 7.00. The molecule has 3 rings (SSSR count). The molecule has 0 saturated heterocycles. The second kappa shape index (κ2) is 5.60. The van der Waals surface area contributed by atoms with E-state index in [-0.39, 0.29) is 17.6 Å². The lowest BCUT2D eigenvalue weighted by Crippen LogP contribution is -2.44. The molecule has 1 N–H and O–H groups in total. The fraction of sp³-hybridized carbons (Fsp3) is 0.176. The number of hydrogen-bond donors (Lipinski definition) is 1. The number of anilines is 2. The number of carbonyl (C=O) groups is 2. The van der Waals surface area contributed by atoms with Crippen LogP contribution in [-0.4, -0.2) is 17.9 Å². The van der Waals surface area contributed by atoms with Crippen LogP contribution in [0.2, 0.25) is 0 Å². The van der Waals surface area contributed by atoms with Gasteiger partial charge in [0, 0.05) is 24.7 Å². The van der Waals surface area contributed by atoms with E-state index in [1.807, 2.05) is 24.3 Å². The van der Waals surface area contributed by atoms with Gasteiger partial charge in [-0.1, -0.05) is 18.2 Å². The van der Waals surface area contributed by atoms with Crippen molar-refractivity contribution in [2.75, 3.05) is 10.2 Å². The SMILES string of the molecule is CC(=O)N1c2ccccc2C[C@@H]1C(=O)Nc1ccc(F)cc1. The quantitative estimate of drug-likeness (QED) is 0.927. The van der Waals surface area contributed by atoms with Gasteiger partial charge in [-0.3, -0.25) is 14.5 Å². The first kappa shape index (κ1) is 14.3. The molecule has 2 aromatic rings. The highest BCUT2D eigenvalue weighted by molar-refractivity contribution is 6.06. The number of fused-ring (bicyclic) bond motifs is 1. The van der Waals surface area contributed by atoms with Crippen LogP contribution in [0.1, 0.15) is 12.5 Å². The molecule has 1 heterocycles. The van der Waals surface area contributed by atoms with Gasteiger partial charge in [-0.2, -0.15) is 0 Å². The lowest BCUT2D eigenvalue weighted by atomic mass is 10.1. The van der Waals surface area contributed by atoms with Crippen LogP contribution in [0.15, 0.2) is 48.5 Å². The van der Waals surface area contributed by atoms with Crippen LogP contribution in [-0.2, 0) is 16.0 Å². The Morgan fingerprint density at radius 2 is 1.82 bits per heavy atom. The van der Waals surface area contributed by atoms with E-state index in [2.05, 4.69) is 5.32 Å². The van der Waals surface area contributed by atoms with Crippen molar-refractivity contribution in [2.24, 2.45) is 0 Å². The van der Waals surface area contributed by atoms with Gasteiger partial charge >= 0.3 is 0 Å². The molecule has 0 aliphatic carbocycles. The molecule has 0 radical (unpaired) electrons. The van der Waals surface area contributed by atoms with Gasteiger partial charge in [-0.25, -0.2) is 4.39 Å². The maximum atomic E-state index is 12.9. The molecule has 0 aromatic heterocycles. The van der Waals surface area contributed by atoms with Crippen molar-refractivity contribution in [1.29, 1.82) is 0 Å². The molecule has 1 atom stereocenters. The fourth-order valence-electron chi connectivity index (χ4n) is 2.74. The molecule has 0 spiro atoms. The van der Waals surface area contributed by atoms with Gasteiger partial charge in [0.15, 0.2) is 0 Å². The minimum Gasteiger partial charge on any atom is -0.324 e. The van der Waals surface area contributed by atoms with Crippen molar-refractivity contribution in [3.63, 3.8) is 0 Å². The summed E-state index contributed by atoms with van der Waals surface area (Å²) in [7, 11) is 0. The Balaban J connectivity index is 1.83.